The van der Waals surface area contributed by atoms with Gasteiger partial charge in [0.25, 0.3) is 0 Å². The third-order valence-corrected chi connectivity index (χ3v) is 5.11. The van der Waals surface area contributed by atoms with Crippen LogP contribution < -0.4 is 0 Å². The fraction of sp³-hybridized carbons (Fsp3) is 0.318. The van der Waals surface area contributed by atoms with E-state index in [4.69, 9.17) is 14.2 Å². The molecular weight excluding hydrogens is 360 g/mol. The van der Waals surface area contributed by atoms with Crippen LogP contribution in [0.15, 0.2) is 54.6 Å². The van der Waals surface area contributed by atoms with E-state index in [0.717, 1.165) is 11.1 Å². The Labute approximate surface area is 163 Å². The molecular formula is C22H22O6. The molecule has 0 aromatic heterocycles. The molecule has 6 nitrogen and oxygen atoms in total. The average molecular weight is 382 g/mol. The van der Waals surface area contributed by atoms with E-state index in [-0.39, 0.29) is 0 Å². The summed E-state index contributed by atoms with van der Waals surface area (Å²) in [6, 6.07) is 16.8. The van der Waals surface area contributed by atoms with Crippen molar-refractivity contribution in [1.29, 1.82) is 0 Å². The number of fused-ring (bicyclic) bond motifs is 1. The van der Waals surface area contributed by atoms with Crippen LogP contribution in [0, 0.1) is 11.8 Å². The van der Waals surface area contributed by atoms with Gasteiger partial charge < -0.3 is 14.2 Å². The Bertz CT molecular complexity index is 876. The van der Waals surface area contributed by atoms with Crippen LogP contribution in [0.4, 0.5) is 0 Å². The lowest BCUT2D eigenvalue weighted by molar-refractivity contribution is -0.172. The SMILES string of the molecule is COC(=O)[C@@H]1[C@@H](c2ccccc2)c2ccccc2[C@@H](OC(C)=O)[C@H]1C(=O)OC. The molecule has 146 valence electrons. The lowest BCUT2D eigenvalue weighted by Crippen LogP contribution is -2.44. The summed E-state index contributed by atoms with van der Waals surface area (Å²) in [5, 5.41) is 0. The van der Waals surface area contributed by atoms with E-state index < -0.39 is 41.8 Å². The lowest BCUT2D eigenvalue weighted by atomic mass is 9.65. The van der Waals surface area contributed by atoms with Gasteiger partial charge in [-0.3, -0.25) is 14.4 Å². The molecule has 0 N–H and O–H groups in total. The summed E-state index contributed by atoms with van der Waals surface area (Å²) in [6.45, 7) is 1.27. The highest BCUT2D eigenvalue weighted by Gasteiger charge is 2.52. The third-order valence-electron chi connectivity index (χ3n) is 5.11. The molecule has 0 spiro atoms. The van der Waals surface area contributed by atoms with Crippen molar-refractivity contribution in [2.45, 2.75) is 18.9 Å². The minimum atomic E-state index is -1.03. The molecule has 0 unspecified atom stereocenters. The number of esters is 3. The van der Waals surface area contributed by atoms with E-state index in [1.165, 1.54) is 21.1 Å². The number of benzene rings is 2. The van der Waals surface area contributed by atoms with Crippen molar-refractivity contribution in [2.24, 2.45) is 11.8 Å². The maximum Gasteiger partial charge on any atom is 0.313 e. The minimum Gasteiger partial charge on any atom is -0.469 e. The molecule has 0 saturated carbocycles. The van der Waals surface area contributed by atoms with Crippen molar-refractivity contribution in [3.8, 4) is 0 Å². The van der Waals surface area contributed by atoms with Gasteiger partial charge in [-0.05, 0) is 16.7 Å². The molecule has 0 radical (unpaired) electrons. The zero-order chi connectivity index (χ0) is 20.3. The van der Waals surface area contributed by atoms with Gasteiger partial charge in [0.2, 0.25) is 0 Å². The van der Waals surface area contributed by atoms with Gasteiger partial charge in [-0.1, -0.05) is 54.6 Å². The Morgan fingerprint density at radius 3 is 1.86 bits per heavy atom. The third kappa shape index (κ3) is 3.50. The molecule has 6 heteroatoms. The number of methoxy groups -OCH3 is 2. The fourth-order valence-electron chi connectivity index (χ4n) is 4.02. The first-order chi connectivity index (χ1) is 13.5. The highest BCUT2D eigenvalue weighted by Crippen LogP contribution is 2.50. The Kier molecular flexibility index (Phi) is 5.78. The molecule has 2 aromatic rings. The van der Waals surface area contributed by atoms with E-state index in [1.54, 1.807) is 0 Å². The molecule has 3 rings (SSSR count). The van der Waals surface area contributed by atoms with E-state index in [0.29, 0.717) is 5.56 Å². The van der Waals surface area contributed by atoms with Gasteiger partial charge in [0.1, 0.15) is 12.0 Å². The van der Waals surface area contributed by atoms with E-state index in [1.807, 2.05) is 54.6 Å². The Balaban J connectivity index is 2.28. The van der Waals surface area contributed by atoms with Gasteiger partial charge in [-0.25, -0.2) is 0 Å². The number of hydrogen-bond acceptors (Lipinski definition) is 6. The summed E-state index contributed by atoms with van der Waals surface area (Å²) in [5.41, 5.74) is 2.36. The van der Waals surface area contributed by atoms with Gasteiger partial charge in [0, 0.05) is 12.8 Å². The first-order valence-electron chi connectivity index (χ1n) is 8.96. The van der Waals surface area contributed by atoms with Crippen LogP contribution in [0.1, 0.15) is 35.6 Å². The topological polar surface area (TPSA) is 78.9 Å². The Morgan fingerprint density at radius 2 is 1.29 bits per heavy atom. The largest absolute Gasteiger partial charge is 0.469 e. The van der Waals surface area contributed by atoms with Crippen LogP contribution >= 0.6 is 0 Å². The second-order valence-corrected chi connectivity index (χ2v) is 6.65. The number of rotatable bonds is 4. The van der Waals surface area contributed by atoms with Crippen LogP contribution in [0.3, 0.4) is 0 Å². The van der Waals surface area contributed by atoms with Gasteiger partial charge in [-0.2, -0.15) is 0 Å². The zero-order valence-corrected chi connectivity index (χ0v) is 16.0. The van der Waals surface area contributed by atoms with Crippen LogP contribution in [-0.2, 0) is 28.6 Å². The van der Waals surface area contributed by atoms with E-state index in [2.05, 4.69) is 0 Å². The summed E-state index contributed by atoms with van der Waals surface area (Å²) in [4.78, 5) is 37.4. The molecule has 28 heavy (non-hydrogen) atoms. The minimum absolute atomic E-state index is 0.444. The normalized spacial score (nSPS) is 23.2. The second kappa shape index (κ2) is 8.25. The number of carbonyl (C=O) groups excluding carboxylic acids is 3. The first kappa shape index (κ1) is 19.6. The zero-order valence-electron chi connectivity index (χ0n) is 16.0. The van der Waals surface area contributed by atoms with E-state index >= 15 is 0 Å². The summed E-state index contributed by atoms with van der Waals surface area (Å²) in [7, 11) is 2.53. The monoisotopic (exact) mass is 382 g/mol. The van der Waals surface area contributed by atoms with Crippen molar-refractivity contribution in [1.82, 2.24) is 0 Å². The molecule has 1 aliphatic rings. The standard InChI is InChI=1S/C22H22O6/c1-13(23)28-20-16-12-8-7-11-15(16)17(14-9-5-4-6-10-14)18(21(24)26-2)19(20)22(25)27-3/h4-12,17-20H,1-3H3/t17-,18+,19-,20+/m0/s1. The number of carbonyl (C=O) groups is 3. The van der Waals surface area contributed by atoms with Crippen LogP contribution in [0.25, 0.3) is 0 Å². The van der Waals surface area contributed by atoms with Crippen molar-refractivity contribution in [3.63, 3.8) is 0 Å². The summed E-state index contributed by atoms with van der Waals surface area (Å²) >= 11 is 0. The van der Waals surface area contributed by atoms with Crippen molar-refractivity contribution in [2.75, 3.05) is 14.2 Å². The molecule has 0 fully saturated rings. The summed E-state index contributed by atoms with van der Waals surface area (Å²) in [5.74, 6) is -4.11. The molecule has 0 amide bonds. The molecule has 0 aliphatic heterocycles. The average Bonchev–Trinajstić information content (AvgIpc) is 2.72. The predicted molar refractivity (Wildman–Crippen MR) is 100 cm³/mol. The number of ether oxygens (including phenoxy) is 3. The number of hydrogen-bond donors (Lipinski definition) is 0. The predicted octanol–water partition coefficient (Wildman–Crippen LogP) is 3.01. The highest BCUT2D eigenvalue weighted by atomic mass is 16.6. The van der Waals surface area contributed by atoms with Crippen molar-refractivity contribution < 1.29 is 28.6 Å². The van der Waals surface area contributed by atoms with Gasteiger partial charge in [0.15, 0.2) is 0 Å². The smallest absolute Gasteiger partial charge is 0.313 e. The first-order valence-corrected chi connectivity index (χ1v) is 8.96. The molecule has 0 heterocycles. The fourth-order valence-corrected chi connectivity index (χ4v) is 4.02. The van der Waals surface area contributed by atoms with Crippen LogP contribution in [0.5, 0.6) is 0 Å². The van der Waals surface area contributed by atoms with Gasteiger partial charge >= 0.3 is 17.9 Å². The quantitative estimate of drug-likeness (QED) is 0.597. The summed E-state index contributed by atoms with van der Waals surface area (Å²) < 4.78 is 15.5. The molecule has 1 aliphatic carbocycles. The molecule has 0 bridgehead atoms. The van der Waals surface area contributed by atoms with Crippen LogP contribution in [0.2, 0.25) is 0 Å². The Morgan fingerprint density at radius 1 is 0.750 bits per heavy atom. The molecule has 2 aromatic carbocycles. The maximum atomic E-state index is 12.9. The molecule has 0 saturated heterocycles. The Hall–Kier alpha value is -3.15. The summed E-state index contributed by atoms with van der Waals surface area (Å²) in [6.07, 6.45) is -0.940. The van der Waals surface area contributed by atoms with Crippen molar-refractivity contribution in [3.05, 3.63) is 71.3 Å². The molecule has 4 atom stereocenters. The van der Waals surface area contributed by atoms with Gasteiger partial charge in [0.05, 0.1) is 20.1 Å². The second-order valence-electron chi connectivity index (χ2n) is 6.65. The van der Waals surface area contributed by atoms with Gasteiger partial charge in [-0.15, -0.1) is 0 Å². The highest BCUT2D eigenvalue weighted by molar-refractivity contribution is 5.85. The lowest BCUT2D eigenvalue weighted by Gasteiger charge is -2.41. The van der Waals surface area contributed by atoms with E-state index in [9.17, 15) is 14.4 Å². The maximum absolute atomic E-state index is 12.9. The van der Waals surface area contributed by atoms with Crippen LogP contribution in [-0.4, -0.2) is 32.1 Å². The van der Waals surface area contributed by atoms with Crippen molar-refractivity contribution >= 4 is 17.9 Å².